The molecule has 0 saturated carbocycles. The third-order valence-electron chi connectivity index (χ3n) is 2.82. The maximum atomic E-state index is 11.3. The number of hydrogen-bond donors (Lipinski definition) is 1. The molecule has 0 aliphatic carbocycles. The molecule has 1 N–H and O–H groups in total. The predicted octanol–water partition coefficient (Wildman–Crippen LogP) is 1.31. The van der Waals surface area contributed by atoms with Gasteiger partial charge in [0.15, 0.2) is 0 Å². The molecule has 2 aromatic carbocycles. The van der Waals surface area contributed by atoms with E-state index in [0.29, 0.717) is 11.4 Å². The first kappa shape index (κ1) is 23.0. The van der Waals surface area contributed by atoms with Crippen molar-refractivity contribution >= 4 is 12.0 Å². The van der Waals surface area contributed by atoms with Crippen LogP contribution >= 0.6 is 0 Å². The van der Waals surface area contributed by atoms with Gasteiger partial charge in [-0.05, 0) is 17.7 Å². The van der Waals surface area contributed by atoms with Crippen molar-refractivity contribution in [2.45, 2.75) is 0 Å². The van der Waals surface area contributed by atoms with E-state index in [1.54, 1.807) is 42.6 Å². The Balaban J connectivity index is 0.000000536. The number of hydrogen-bond acceptors (Lipinski definition) is 6. The van der Waals surface area contributed by atoms with E-state index in [9.17, 15) is 15.3 Å². The van der Waals surface area contributed by atoms with E-state index in [4.69, 9.17) is 0 Å². The van der Waals surface area contributed by atoms with Crippen LogP contribution in [0.2, 0.25) is 0 Å². The number of nitrogens with zero attached hydrogens (tertiary/aromatic N) is 2. The molecule has 3 rings (SSSR count). The zero-order valence-corrected chi connectivity index (χ0v) is 14.9. The van der Waals surface area contributed by atoms with Crippen LogP contribution in [-0.2, 0) is 24.0 Å². The molecule has 8 heteroatoms. The summed E-state index contributed by atoms with van der Waals surface area (Å²) in [4.78, 5) is 4.03. The van der Waals surface area contributed by atoms with Crippen LogP contribution in [0.4, 0.5) is 5.82 Å². The smallest absolute Gasteiger partial charge is 0.146 e. The Morgan fingerprint density at radius 3 is 1.81 bits per heavy atom. The van der Waals surface area contributed by atoms with E-state index >= 15 is 0 Å². The predicted molar refractivity (Wildman–Crippen MR) is 87.4 cm³/mol. The Hall–Kier alpha value is -3.00. The normalized spacial score (nSPS) is 9.23. The first-order valence-corrected chi connectivity index (χ1v) is 7.06. The minimum absolute atomic E-state index is 0. The first-order valence-electron chi connectivity index (χ1n) is 7.06. The zero-order valence-electron chi connectivity index (χ0n) is 13.5. The molecule has 0 aliphatic heterocycles. The van der Waals surface area contributed by atoms with Crippen LogP contribution in [-0.4, -0.2) is 11.2 Å². The summed E-state index contributed by atoms with van der Waals surface area (Å²) in [5, 5.41) is 35.9. The summed E-state index contributed by atoms with van der Waals surface area (Å²) in [7, 11) is 0. The van der Waals surface area contributed by atoms with Crippen LogP contribution in [0.1, 0.15) is 5.56 Å². The molecular weight excluding hydrogens is 373 g/mol. The number of nitrogens with one attached hydrogen (secondary N) is 1. The van der Waals surface area contributed by atoms with Crippen LogP contribution in [0.25, 0.3) is 0 Å². The second-order valence-corrected chi connectivity index (χ2v) is 4.57. The van der Waals surface area contributed by atoms with Crippen molar-refractivity contribution in [3.05, 3.63) is 78.5 Å². The Kier molecular flexibility index (Phi) is 11.0. The van der Waals surface area contributed by atoms with Gasteiger partial charge in [0.1, 0.15) is 5.82 Å². The van der Waals surface area contributed by atoms with Crippen molar-refractivity contribution in [1.29, 1.82) is 0 Å². The second-order valence-electron chi connectivity index (χ2n) is 4.57. The Morgan fingerprint density at radius 2 is 1.31 bits per heavy atom. The molecule has 1 radical (unpaired) electrons. The van der Waals surface area contributed by atoms with Crippen molar-refractivity contribution in [3.8, 4) is 17.2 Å². The summed E-state index contributed by atoms with van der Waals surface area (Å²) in [6, 6.07) is 17.8. The average Bonchev–Trinajstić information content (AvgIpc) is 2.61. The van der Waals surface area contributed by atoms with E-state index < -0.39 is 11.5 Å². The molecule has 1 heterocycles. The number of pyridine rings is 1. The topological polar surface area (TPSA) is 135 Å². The van der Waals surface area contributed by atoms with Gasteiger partial charge in [0.25, 0.3) is 0 Å². The van der Waals surface area contributed by atoms with Crippen molar-refractivity contribution in [2.24, 2.45) is 5.10 Å². The molecule has 0 amide bonds. The van der Waals surface area contributed by atoms with Gasteiger partial charge in [-0.1, -0.05) is 60.3 Å². The van der Waals surface area contributed by atoms with E-state index in [1.165, 1.54) is 24.4 Å². The van der Waals surface area contributed by atoms with Crippen LogP contribution in [0, 0.1) is 0 Å². The molecule has 0 bridgehead atoms. The molecule has 0 saturated heterocycles. The number of hydrazone groups is 1. The molecule has 0 atom stereocenters. The monoisotopic (exact) mass is 387 g/mol. The molecular formula is C18H14N3O4V-5. The van der Waals surface area contributed by atoms with Gasteiger partial charge in [-0.15, -0.1) is 11.5 Å². The maximum absolute atomic E-state index is 11.3. The molecule has 135 valence electrons. The summed E-state index contributed by atoms with van der Waals surface area (Å²) in [5.74, 6) is -0.281. The molecule has 7 nitrogen and oxygen atoms in total. The van der Waals surface area contributed by atoms with Gasteiger partial charge in [0.2, 0.25) is 0 Å². The van der Waals surface area contributed by atoms with Crippen LogP contribution in [0.3, 0.4) is 0 Å². The quantitative estimate of drug-likeness (QED) is 0.534. The minimum atomic E-state index is -0.437. The van der Waals surface area contributed by atoms with Gasteiger partial charge in [-0.3, -0.25) is 5.43 Å². The summed E-state index contributed by atoms with van der Waals surface area (Å²) >= 11 is 0. The maximum Gasteiger partial charge on any atom is 0.146 e. The molecule has 0 aliphatic rings. The van der Waals surface area contributed by atoms with Crippen LogP contribution < -0.4 is 20.7 Å². The van der Waals surface area contributed by atoms with E-state index in [1.807, 2.05) is 12.1 Å². The molecule has 0 spiro atoms. The third-order valence-corrected chi connectivity index (χ3v) is 2.82. The summed E-state index contributed by atoms with van der Waals surface area (Å²) in [6.45, 7) is 0. The molecule has 0 fully saturated rings. The summed E-state index contributed by atoms with van der Waals surface area (Å²) in [5.41, 5.74) is 3.29. The number of aromatic nitrogens is 1. The van der Waals surface area contributed by atoms with Crippen molar-refractivity contribution in [3.63, 3.8) is 0 Å². The fourth-order valence-corrected chi connectivity index (χ4v) is 1.63. The SMILES string of the molecule is [O-2].[O-]c1ccccc1/C=N/Nc1ccccn1.[O-]c1ccccc1[O-].[V]. The van der Waals surface area contributed by atoms with Gasteiger partial charge >= 0.3 is 0 Å². The Bertz CT molecular complexity index is 780. The third kappa shape index (κ3) is 7.72. The molecule has 0 unspecified atom stereocenters. The van der Waals surface area contributed by atoms with E-state index in [-0.39, 0.29) is 29.8 Å². The van der Waals surface area contributed by atoms with Crippen molar-refractivity contribution in [1.82, 2.24) is 4.98 Å². The van der Waals surface area contributed by atoms with Gasteiger partial charge in [-0.2, -0.15) is 5.10 Å². The number of anilines is 1. The largest absolute Gasteiger partial charge is 2.00 e. The van der Waals surface area contributed by atoms with Crippen molar-refractivity contribution < 1.29 is 39.4 Å². The van der Waals surface area contributed by atoms with Crippen LogP contribution in [0.5, 0.6) is 17.2 Å². The summed E-state index contributed by atoms with van der Waals surface area (Å²) in [6.07, 6.45) is 3.15. The Labute approximate surface area is 162 Å². The molecule has 26 heavy (non-hydrogen) atoms. The van der Waals surface area contributed by atoms with Gasteiger partial charge < -0.3 is 20.8 Å². The van der Waals surface area contributed by atoms with Crippen molar-refractivity contribution in [2.75, 3.05) is 5.43 Å². The van der Waals surface area contributed by atoms with E-state index in [2.05, 4.69) is 15.5 Å². The van der Waals surface area contributed by atoms with Gasteiger partial charge in [-0.25, -0.2) is 4.98 Å². The molecule has 3 aromatic rings. The zero-order chi connectivity index (χ0) is 17.2. The number of para-hydroxylation sites is 3. The Morgan fingerprint density at radius 1 is 0.769 bits per heavy atom. The number of benzene rings is 2. The second kappa shape index (κ2) is 12.4. The van der Waals surface area contributed by atoms with Gasteiger partial charge in [0.05, 0.1) is 6.21 Å². The first-order chi connectivity index (χ1) is 11.7. The minimum Gasteiger partial charge on any atom is -2.00 e. The van der Waals surface area contributed by atoms with Crippen LogP contribution in [0.15, 0.2) is 78.0 Å². The van der Waals surface area contributed by atoms with E-state index in [0.717, 1.165) is 0 Å². The standard InChI is InChI=1S/C12H11N3O.C6H6O2.O.V/c16-11-6-2-1-5-10(11)9-14-15-12-7-3-4-8-13-12;7-5-3-1-2-4-6(5)8;;/h1-9,16H,(H,13,15);1-4,7-8H;;/q;;-2;/p-3/b14-9+;;;. The number of rotatable bonds is 3. The fourth-order valence-electron chi connectivity index (χ4n) is 1.63. The van der Waals surface area contributed by atoms with Gasteiger partial charge in [0, 0.05) is 24.8 Å². The average molecular weight is 387 g/mol. The fraction of sp³-hybridized carbons (Fsp3) is 0. The molecule has 1 aromatic heterocycles. The summed E-state index contributed by atoms with van der Waals surface area (Å²) < 4.78 is 0.